The zero-order valence-corrected chi connectivity index (χ0v) is 19.1. The van der Waals surface area contributed by atoms with Gasteiger partial charge >= 0.3 is 0 Å². The molecule has 166 valence electrons. The summed E-state index contributed by atoms with van der Waals surface area (Å²) < 4.78 is 0. The Morgan fingerprint density at radius 3 is 2.55 bits per heavy atom. The molecule has 0 spiro atoms. The molecule has 0 aromatic carbocycles. The summed E-state index contributed by atoms with van der Waals surface area (Å²) in [6.07, 6.45) is 8.04. The van der Waals surface area contributed by atoms with Gasteiger partial charge in [0.05, 0.1) is 10.4 Å². The Morgan fingerprint density at radius 2 is 1.81 bits per heavy atom. The molecule has 0 atom stereocenters. The number of fused-ring (bicyclic) bond motifs is 1. The summed E-state index contributed by atoms with van der Waals surface area (Å²) in [5, 5.41) is 0. The summed E-state index contributed by atoms with van der Waals surface area (Å²) in [4.78, 5) is 42.3. The third kappa shape index (κ3) is 5.30. The SMILES string of the molecule is CCC(=O)c1cc2c(s1)CCCN(CCCCN1CCN(c3ncccn3)CC1)C2=O. The van der Waals surface area contributed by atoms with Crippen molar-refractivity contribution in [1.29, 1.82) is 0 Å². The number of thiophene rings is 1. The third-order valence-electron chi connectivity index (χ3n) is 6.11. The Balaban J connectivity index is 1.22. The molecule has 0 aliphatic carbocycles. The highest BCUT2D eigenvalue weighted by Crippen LogP contribution is 2.29. The molecule has 8 heteroatoms. The molecule has 2 aliphatic heterocycles. The van der Waals surface area contributed by atoms with E-state index in [1.165, 1.54) is 11.3 Å². The summed E-state index contributed by atoms with van der Waals surface area (Å²) >= 11 is 1.52. The van der Waals surface area contributed by atoms with E-state index in [1.54, 1.807) is 12.4 Å². The first-order valence-corrected chi connectivity index (χ1v) is 12.2. The topological polar surface area (TPSA) is 69.6 Å². The van der Waals surface area contributed by atoms with Gasteiger partial charge in [0.25, 0.3) is 5.91 Å². The molecule has 2 aliphatic rings. The monoisotopic (exact) mass is 441 g/mol. The number of ketones is 1. The predicted octanol–water partition coefficient (Wildman–Crippen LogP) is 3.12. The van der Waals surface area contributed by atoms with Gasteiger partial charge < -0.3 is 9.80 Å². The lowest BCUT2D eigenvalue weighted by Crippen LogP contribution is -2.47. The van der Waals surface area contributed by atoms with Gasteiger partial charge in [-0.3, -0.25) is 14.5 Å². The first-order valence-electron chi connectivity index (χ1n) is 11.3. The Morgan fingerprint density at radius 1 is 1.06 bits per heavy atom. The van der Waals surface area contributed by atoms with Gasteiger partial charge in [-0.25, -0.2) is 9.97 Å². The number of nitrogens with zero attached hydrogens (tertiary/aromatic N) is 5. The molecule has 1 amide bonds. The van der Waals surface area contributed by atoms with Crippen molar-refractivity contribution in [2.75, 3.05) is 50.7 Å². The minimum absolute atomic E-state index is 0.107. The van der Waals surface area contributed by atoms with Crippen molar-refractivity contribution in [3.05, 3.63) is 39.8 Å². The van der Waals surface area contributed by atoms with Crippen molar-refractivity contribution in [3.8, 4) is 0 Å². The fourth-order valence-electron chi connectivity index (χ4n) is 4.29. The number of aromatic nitrogens is 2. The number of hydrogen-bond donors (Lipinski definition) is 0. The quantitative estimate of drug-likeness (QED) is 0.463. The molecule has 0 unspecified atom stereocenters. The van der Waals surface area contributed by atoms with Crippen LogP contribution in [0.3, 0.4) is 0 Å². The maximum atomic E-state index is 13.0. The number of anilines is 1. The molecule has 0 radical (unpaired) electrons. The van der Waals surface area contributed by atoms with Gasteiger partial charge in [0.2, 0.25) is 5.95 Å². The van der Waals surface area contributed by atoms with Crippen LogP contribution in [0.15, 0.2) is 24.5 Å². The van der Waals surface area contributed by atoms with Crippen LogP contribution in [0, 0.1) is 0 Å². The molecule has 2 aromatic heterocycles. The lowest BCUT2D eigenvalue weighted by atomic mass is 10.1. The highest BCUT2D eigenvalue weighted by Gasteiger charge is 2.26. The second-order valence-corrected chi connectivity index (χ2v) is 9.34. The molecule has 2 aromatic rings. The van der Waals surface area contributed by atoms with E-state index in [0.29, 0.717) is 6.42 Å². The number of piperazine rings is 1. The number of unbranched alkanes of at least 4 members (excludes halogenated alkanes) is 1. The van der Waals surface area contributed by atoms with Gasteiger partial charge in [0, 0.05) is 63.0 Å². The first kappa shape index (κ1) is 21.9. The van der Waals surface area contributed by atoms with Crippen LogP contribution in [0.5, 0.6) is 0 Å². The van der Waals surface area contributed by atoms with Gasteiger partial charge in [-0.1, -0.05) is 6.92 Å². The van der Waals surface area contributed by atoms with Crippen LogP contribution >= 0.6 is 11.3 Å². The van der Waals surface area contributed by atoms with Crippen molar-refractivity contribution in [2.24, 2.45) is 0 Å². The Kier molecular flexibility index (Phi) is 7.29. The van der Waals surface area contributed by atoms with Crippen LogP contribution in [0.1, 0.15) is 57.5 Å². The minimum atomic E-state index is 0.107. The highest BCUT2D eigenvalue weighted by atomic mass is 32.1. The second-order valence-electron chi connectivity index (χ2n) is 8.20. The second kappa shape index (κ2) is 10.3. The van der Waals surface area contributed by atoms with Crippen molar-refractivity contribution < 1.29 is 9.59 Å². The average Bonchev–Trinajstić information content (AvgIpc) is 3.19. The van der Waals surface area contributed by atoms with E-state index in [-0.39, 0.29) is 11.7 Å². The van der Waals surface area contributed by atoms with E-state index >= 15 is 0 Å². The number of rotatable bonds is 8. The Bertz CT molecular complexity index is 893. The van der Waals surface area contributed by atoms with Gasteiger partial charge in [-0.05, 0) is 44.4 Å². The van der Waals surface area contributed by atoms with Crippen LogP contribution in [0.25, 0.3) is 0 Å². The number of carbonyl (C=O) groups excluding carboxylic acids is 2. The molecule has 7 nitrogen and oxygen atoms in total. The number of amides is 1. The highest BCUT2D eigenvalue weighted by molar-refractivity contribution is 7.14. The van der Waals surface area contributed by atoms with Crippen molar-refractivity contribution >= 4 is 29.0 Å². The number of aryl methyl sites for hydroxylation is 1. The molecule has 0 N–H and O–H groups in total. The maximum Gasteiger partial charge on any atom is 0.255 e. The first-order chi connectivity index (χ1) is 15.2. The Hall–Kier alpha value is -2.32. The van der Waals surface area contributed by atoms with Gasteiger partial charge in [-0.15, -0.1) is 11.3 Å². The number of carbonyl (C=O) groups is 2. The van der Waals surface area contributed by atoms with E-state index in [0.717, 1.165) is 92.8 Å². The minimum Gasteiger partial charge on any atom is -0.339 e. The molecule has 1 fully saturated rings. The summed E-state index contributed by atoms with van der Waals surface area (Å²) in [6.45, 7) is 8.49. The molecule has 0 bridgehead atoms. The normalized spacial score (nSPS) is 17.5. The summed E-state index contributed by atoms with van der Waals surface area (Å²) in [5.41, 5.74) is 0.763. The maximum absolute atomic E-state index is 13.0. The van der Waals surface area contributed by atoms with E-state index in [1.807, 2.05) is 24.0 Å². The van der Waals surface area contributed by atoms with E-state index < -0.39 is 0 Å². The van der Waals surface area contributed by atoms with Crippen LogP contribution in [-0.4, -0.2) is 77.3 Å². The summed E-state index contributed by atoms with van der Waals surface area (Å²) in [6, 6.07) is 3.68. The molecule has 4 heterocycles. The van der Waals surface area contributed by atoms with E-state index in [9.17, 15) is 9.59 Å². The third-order valence-corrected chi connectivity index (χ3v) is 7.35. The lowest BCUT2D eigenvalue weighted by Gasteiger charge is -2.34. The van der Waals surface area contributed by atoms with Crippen molar-refractivity contribution in [1.82, 2.24) is 19.8 Å². The molecule has 4 rings (SSSR count). The van der Waals surface area contributed by atoms with Gasteiger partial charge in [0.1, 0.15) is 0 Å². The molecule has 1 saturated heterocycles. The zero-order valence-electron chi connectivity index (χ0n) is 18.3. The Labute approximate surface area is 188 Å². The summed E-state index contributed by atoms with van der Waals surface area (Å²) in [7, 11) is 0. The molecule has 0 saturated carbocycles. The lowest BCUT2D eigenvalue weighted by molar-refractivity contribution is 0.0756. The fraction of sp³-hybridized carbons (Fsp3) is 0.565. The van der Waals surface area contributed by atoms with Crippen LogP contribution in [0.4, 0.5) is 5.95 Å². The molecular formula is C23H31N5O2S. The number of Topliss-reactive ketones (excluding diaryl/α,β-unsaturated/α-hetero) is 1. The van der Waals surface area contributed by atoms with Crippen LogP contribution in [0.2, 0.25) is 0 Å². The van der Waals surface area contributed by atoms with Crippen molar-refractivity contribution in [3.63, 3.8) is 0 Å². The van der Waals surface area contributed by atoms with Gasteiger partial charge in [0.15, 0.2) is 5.78 Å². The average molecular weight is 442 g/mol. The fourth-order valence-corrected chi connectivity index (χ4v) is 5.49. The standard InChI is InChI=1S/C23H31N5O2S/c1-2-19(29)21-17-18-20(31-21)7-5-12-27(22(18)30)11-4-3-10-26-13-15-28(16-14-26)23-24-8-6-9-25-23/h6,8-9,17H,2-5,7,10-16H2,1H3. The smallest absolute Gasteiger partial charge is 0.255 e. The summed E-state index contributed by atoms with van der Waals surface area (Å²) in [5.74, 6) is 1.06. The van der Waals surface area contributed by atoms with Crippen molar-refractivity contribution in [2.45, 2.75) is 39.0 Å². The van der Waals surface area contributed by atoms with Gasteiger partial charge in [-0.2, -0.15) is 0 Å². The molecular weight excluding hydrogens is 410 g/mol. The molecule has 31 heavy (non-hydrogen) atoms. The van der Waals surface area contributed by atoms with Crippen LogP contribution in [-0.2, 0) is 6.42 Å². The number of hydrogen-bond acceptors (Lipinski definition) is 7. The predicted molar refractivity (Wildman–Crippen MR) is 123 cm³/mol. The zero-order chi connectivity index (χ0) is 21.6. The van der Waals surface area contributed by atoms with Crippen LogP contribution < -0.4 is 4.90 Å². The van der Waals surface area contributed by atoms with E-state index in [4.69, 9.17) is 0 Å². The van der Waals surface area contributed by atoms with E-state index in [2.05, 4.69) is 19.8 Å². The largest absolute Gasteiger partial charge is 0.339 e.